The van der Waals surface area contributed by atoms with Gasteiger partial charge in [0.05, 0.1) is 6.61 Å². The van der Waals surface area contributed by atoms with E-state index >= 15 is 0 Å². The number of likely N-dealkylation sites (N-methyl/N-ethyl adjacent to an activating group) is 1. The first-order valence-corrected chi connectivity index (χ1v) is 6.05. The molecule has 0 aliphatic heterocycles. The minimum atomic E-state index is 0.715. The number of rotatable bonds is 8. The zero-order valence-electron chi connectivity index (χ0n) is 11.7. The molecule has 1 aromatic rings. The van der Waals surface area contributed by atoms with E-state index in [1.165, 1.54) is 0 Å². The van der Waals surface area contributed by atoms with Gasteiger partial charge in [-0.2, -0.15) is 4.98 Å². The van der Waals surface area contributed by atoms with Crippen LogP contribution in [0.2, 0.25) is 0 Å². The first-order chi connectivity index (χ1) is 8.63. The number of hydrogen-bond donors (Lipinski definition) is 1. The van der Waals surface area contributed by atoms with Gasteiger partial charge in [-0.15, -0.1) is 0 Å². The molecule has 6 nitrogen and oxygen atoms in total. The van der Waals surface area contributed by atoms with E-state index in [1.54, 1.807) is 13.3 Å². The fourth-order valence-corrected chi connectivity index (χ4v) is 1.40. The van der Waals surface area contributed by atoms with E-state index < -0.39 is 0 Å². The summed E-state index contributed by atoms with van der Waals surface area (Å²) in [6, 6.07) is 1.88. The lowest BCUT2D eigenvalue weighted by Crippen LogP contribution is -2.28. The Hall–Kier alpha value is -1.40. The average molecular weight is 253 g/mol. The van der Waals surface area contributed by atoms with Crippen LogP contribution in [0.25, 0.3) is 0 Å². The lowest BCUT2D eigenvalue weighted by Gasteiger charge is -2.17. The highest BCUT2D eigenvalue weighted by Gasteiger charge is 2.01. The molecule has 0 aliphatic carbocycles. The topological polar surface area (TPSA) is 53.5 Å². The maximum atomic E-state index is 5.03. The Morgan fingerprint density at radius 3 is 2.72 bits per heavy atom. The van der Waals surface area contributed by atoms with Crippen LogP contribution in [-0.2, 0) is 4.74 Å². The molecule has 0 radical (unpaired) electrons. The first kappa shape index (κ1) is 14.7. The van der Waals surface area contributed by atoms with Crippen molar-refractivity contribution in [2.24, 2.45) is 0 Å². The Morgan fingerprint density at radius 2 is 2.06 bits per heavy atom. The second kappa shape index (κ2) is 7.84. The third-order valence-electron chi connectivity index (χ3n) is 2.52. The van der Waals surface area contributed by atoms with Gasteiger partial charge in [-0.3, -0.25) is 0 Å². The Morgan fingerprint density at radius 1 is 1.28 bits per heavy atom. The van der Waals surface area contributed by atoms with Crippen LogP contribution in [0.4, 0.5) is 11.8 Å². The van der Waals surface area contributed by atoms with Crippen molar-refractivity contribution in [1.82, 2.24) is 14.9 Å². The summed E-state index contributed by atoms with van der Waals surface area (Å²) < 4.78 is 5.03. The molecule has 0 fully saturated rings. The van der Waals surface area contributed by atoms with Crippen molar-refractivity contribution in [2.75, 3.05) is 64.7 Å². The normalized spacial score (nSPS) is 10.7. The van der Waals surface area contributed by atoms with E-state index in [0.717, 1.165) is 32.1 Å². The summed E-state index contributed by atoms with van der Waals surface area (Å²) in [5.41, 5.74) is 0. The third kappa shape index (κ3) is 5.29. The zero-order valence-corrected chi connectivity index (χ0v) is 11.7. The summed E-state index contributed by atoms with van der Waals surface area (Å²) in [5.74, 6) is 1.57. The molecule has 0 saturated carbocycles. The van der Waals surface area contributed by atoms with Crippen molar-refractivity contribution < 1.29 is 4.74 Å². The fraction of sp³-hybridized carbons (Fsp3) is 0.667. The highest BCUT2D eigenvalue weighted by molar-refractivity contribution is 5.40. The van der Waals surface area contributed by atoms with E-state index in [1.807, 2.05) is 25.1 Å². The van der Waals surface area contributed by atoms with Gasteiger partial charge in [0.25, 0.3) is 0 Å². The summed E-state index contributed by atoms with van der Waals surface area (Å²) in [6.07, 6.45) is 1.76. The van der Waals surface area contributed by atoms with Gasteiger partial charge in [0.15, 0.2) is 0 Å². The molecule has 0 aliphatic rings. The Bertz CT molecular complexity index is 345. The minimum absolute atomic E-state index is 0.715. The summed E-state index contributed by atoms with van der Waals surface area (Å²) in [7, 11) is 7.65. The molecule has 1 N–H and O–H groups in total. The highest BCUT2D eigenvalue weighted by atomic mass is 16.5. The average Bonchev–Trinajstić information content (AvgIpc) is 2.36. The molecule has 102 valence electrons. The van der Waals surface area contributed by atoms with Crippen LogP contribution >= 0.6 is 0 Å². The van der Waals surface area contributed by atoms with E-state index in [2.05, 4.69) is 27.2 Å². The number of methoxy groups -OCH3 is 1. The number of ether oxygens (including phenoxy) is 1. The maximum absolute atomic E-state index is 5.03. The molecule has 0 spiro atoms. The highest BCUT2D eigenvalue weighted by Crippen LogP contribution is 2.07. The van der Waals surface area contributed by atoms with Gasteiger partial charge >= 0.3 is 0 Å². The fourth-order valence-electron chi connectivity index (χ4n) is 1.40. The van der Waals surface area contributed by atoms with E-state index in [9.17, 15) is 0 Å². The molecule has 1 heterocycles. The molecule has 0 amide bonds. The number of hydrogen-bond acceptors (Lipinski definition) is 6. The summed E-state index contributed by atoms with van der Waals surface area (Å²) in [6.45, 7) is 3.49. The third-order valence-corrected chi connectivity index (χ3v) is 2.52. The molecule has 1 rings (SSSR count). The molecule has 0 bridgehead atoms. The van der Waals surface area contributed by atoms with E-state index in [0.29, 0.717) is 5.95 Å². The Labute approximate surface area is 109 Å². The van der Waals surface area contributed by atoms with Crippen LogP contribution in [0.3, 0.4) is 0 Å². The van der Waals surface area contributed by atoms with Gasteiger partial charge in [-0.05, 0) is 13.1 Å². The van der Waals surface area contributed by atoms with Crippen molar-refractivity contribution in [2.45, 2.75) is 0 Å². The SMILES string of the molecule is COCCN(C)CCNc1ccnc(N(C)C)n1. The first-order valence-electron chi connectivity index (χ1n) is 6.05. The largest absolute Gasteiger partial charge is 0.383 e. The second-order valence-corrected chi connectivity index (χ2v) is 4.36. The monoisotopic (exact) mass is 253 g/mol. The number of aromatic nitrogens is 2. The Balaban J connectivity index is 2.32. The summed E-state index contributed by atoms with van der Waals surface area (Å²) in [4.78, 5) is 12.7. The molecule has 18 heavy (non-hydrogen) atoms. The lowest BCUT2D eigenvalue weighted by atomic mass is 10.5. The number of nitrogens with zero attached hydrogens (tertiary/aromatic N) is 4. The van der Waals surface area contributed by atoms with Crippen LogP contribution in [0.1, 0.15) is 0 Å². The predicted molar refractivity (Wildman–Crippen MR) is 74.2 cm³/mol. The lowest BCUT2D eigenvalue weighted by molar-refractivity contribution is 0.163. The molecule has 1 aromatic heterocycles. The van der Waals surface area contributed by atoms with Gasteiger partial charge in [0.1, 0.15) is 5.82 Å². The van der Waals surface area contributed by atoms with Gasteiger partial charge in [0.2, 0.25) is 5.95 Å². The summed E-state index contributed by atoms with van der Waals surface area (Å²) >= 11 is 0. The molecular weight excluding hydrogens is 230 g/mol. The van der Waals surface area contributed by atoms with Gasteiger partial charge in [-0.1, -0.05) is 0 Å². The molecular formula is C12H23N5O. The standard InChI is InChI=1S/C12H23N5O/c1-16(2)12-14-6-5-11(15-12)13-7-8-17(3)9-10-18-4/h5-6H,7-10H2,1-4H3,(H,13,14,15). The van der Waals surface area contributed by atoms with Crippen LogP contribution < -0.4 is 10.2 Å². The predicted octanol–water partition coefficient (Wildman–Crippen LogP) is 0.533. The van der Waals surface area contributed by atoms with Gasteiger partial charge in [0, 0.05) is 47.0 Å². The molecule has 0 unspecified atom stereocenters. The van der Waals surface area contributed by atoms with Crippen molar-refractivity contribution >= 4 is 11.8 Å². The number of anilines is 2. The summed E-state index contributed by atoms with van der Waals surface area (Å²) in [5, 5.41) is 3.29. The number of nitrogens with one attached hydrogen (secondary N) is 1. The maximum Gasteiger partial charge on any atom is 0.226 e. The molecule has 6 heteroatoms. The second-order valence-electron chi connectivity index (χ2n) is 4.36. The molecule has 0 saturated heterocycles. The molecule has 0 atom stereocenters. The van der Waals surface area contributed by atoms with Crippen LogP contribution in [0.15, 0.2) is 12.3 Å². The van der Waals surface area contributed by atoms with Gasteiger partial charge in [-0.25, -0.2) is 4.98 Å². The minimum Gasteiger partial charge on any atom is -0.383 e. The molecule has 0 aromatic carbocycles. The van der Waals surface area contributed by atoms with Crippen molar-refractivity contribution in [1.29, 1.82) is 0 Å². The van der Waals surface area contributed by atoms with Gasteiger partial charge < -0.3 is 19.9 Å². The smallest absolute Gasteiger partial charge is 0.226 e. The van der Waals surface area contributed by atoms with E-state index in [-0.39, 0.29) is 0 Å². The quantitative estimate of drug-likeness (QED) is 0.729. The van der Waals surface area contributed by atoms with Crippen LogP contribution in [0, 0.1) is 0 Å². The van der Waals surface area contributed by atoms with Crippen LogP contribution in [0.5, 0.6) is 0 Å². The van der Waals surface area contributed by atoms with Crippen LogP contribution in [-0.4, -0.2) is 69.4 Å². The van der Waals surface area contributed by atoms with Crippen molar-refractivity contribution in [3.63, 3.8) is 0 Å². The van der Waals surface area contributed by atoms with E-state index in [4.69, 9.17) is 4.74 Å². The van der Waals surface area contributed by atoms with Crippen molar-refractivity contribution in [3.05, 3.63) is 12.3 Å². The Kier molecular flexibility index (Phi) is 6.38. The van der Waals surface area contributed by atoms with Crippen molar-refractivity contribution in [3.8, 4) is 0 Å². The zero-order chi connectivity index (χ0) is 13.4.